The van der Waals surface area contributed by atoms with E-state index in [1.165, 1.54) is 31.4 Å². The van der Waals surface area contributed by atoms with Crippen LogP contribution >= 0.6 is 11.5 Å². The number of carbonyl (C=O) groups excluding carboxylic acids is 1. The summed E-state index contributed by atoms with van der Waals surface area (Å²) in [5, 5.41) is 13.6. The van der Waals surface area contributed by atoms with Crippen LogP contribution < -0.4 is 14.8 Å². The van der Waals surface area contributed by atoms with Crippen molar-refractivity contribution in [3.05, 3.63) is 58.1 Å². The molecule has 0 bridgehead atoms. The monoisotopic (exact) mass is 386 g/mol. The van der Waals surface area contributed by atoms with Gasteiger partial charge in [-0.2, -0.15) is 9.36 Å². The summed E-state index contributed by atoms with van der Waals surface area (Å²) in [6.07, 6.45) is 0. The van der Waals surface area contributed by atoms with Gasteiger partial charge in [-0.05, 0) is 30.3 Å². The fraction of sp³-hybridized carbons (Fsp3) is 0.118. The third-order valence-corrected chi connectivity index (χ3v) is 4.26. The van der Waals surface area contributed by atoms with Gasteiger partial charge in [0.05, 0.1) is 19.1 Å². The van der Waals surface area contributed by atoms with Crippen LogP contribution in [0.25, 0.3) is 11.4 Å². The Hall–Kier alpha value is -3.53. The van der Waals surface area contributed by atoms with E-state index in [0.29, 0.717) is 28.0 Å². The zero-order valence-corrected chi connectivity index (χ0v) is 15.1. The molecule has 0 aliphatic rings. The molecule has 0 fully saturated rings. The molecule has 27 heavy (non-hydrogen) atoms. The van der Waals surface area contributed by atoms with Crippen LogP contribution in [0.2, 0.25) is 0 Å². The summed E-state index contributed by atoms with van der Waals surface area (Å²) in [6.45, 7) is 0. The van der Waals surface area contributed by atoms with Gasteiger partial charge < -0.3 is 9.47 Å². The number of nitrogens with one attached hydrogen (secondary N) is 1. The molecule has 0 saturated heterocycles. The maximum atomic E-state index is 12.2. The Morgan fingerprint density at radius 2 is 1.81 bits per heavy atom. The Balaban J connectivity index is 1.76. The van der Waals surface area contributed by atoms with Crippen LogP contribution in [0.4, 0.5) is 10.8 Å². The zero-order valence-electron chi connectivity index (χ0n) is 14.3. The molecule has 9 nitrogen and oxygen atoms in total. The van der Waals surface area contributed by atoms with Crippen molar-refractivity contribution in [1.82, 2.24) is 9.36 Å². The van der Waals surface area contributed by atoms with Gasteiger partial charge in [-0.15, -0.1) is 0 Å². The lowest BCUT2D eigenvalue weighted by atomic mass is 10.2. The van der Waals surface area contributed by atoms with Crippen LogP contribution in [0.15, 0.2) is 42.5 Å². The van der Waals surface area contributed by atoms with Gasteiger partial charge in [-0.3, -0.25) is 20.2 Å². The molecule has 2 aromatic carbocycles. The number of nitro groups is 1. The van der Waals surface area contributed by atoms with Gasteiger partial charge in [0.1, 0.15) is 0 Å². The number of amides is 1. The third kappa shape index (κ3) is 4.01. The van der Waals surface area contributed by atoms with E-state index >= 15 is 0 Å². The molecule has 1 aromatic heterocycles. The van der Waals surface area contributed by atoms with E-state index in [1.807, 2.05) is 0 Å². The Bertz CT molecular complexity index is 987. The van der Waals surface area contributed by atoms with E-state index in [9.17, 15) is 14.9 Å². The first-order valence-corrected chi connectivity index (χ1v) is 8.41. The van der Waals surface area contributed by atoms with Crippen molar-refractivity contribution in [3.63, 3.8) is 0 Å². The molecule has 3 rings (SSSR count). The minimum atomic E-state index is -0.526. The summed E-state index contributed by atoms with van der Waals surface area (Å²) in [6, 6.07) is 10.6. The molecule has 10 heteroatoms. The average molecular weight is 386 g/mol. The van der Waals surface area contributed by atoms with E-state index in [4.69, 9.17) is 9.47 Å². The molecule has 0 saturated carbocycles. The first-order chi connectivity index (χ1) is 13.0. The van der Waals surface area contributed by atoms with Crippen molar-refractivity contribution in [2.75, 3.05) is 19.5 Å². The molecular weight excluding hydrogens is 372 g/mol. The number of methoxy groups -OCH3 is 2. The van der Waals surface area contributed by atoms with Crippen molar-refractivity contribution < 1.29 is 19.2 Å². The lowest BCUT2D eigenvalue weighted by Gasteiger charge is -2.07. The zero-order chi connectivity index (χ0) is 19.4. The van der Waals surface area contributed by atoms with Gasteiger partial charge in [0, 0.05) is 34.8 Å². The molecule has 0 aliphatic carbocycles. The molecule has 0 radical (unpaired) electrons. The highest BCUT2D eigenvalue weighted by Gasteiger charge is 2.14. The van der Waals surface area contributed by atoms with Crippen LogP contribution in [-0.4, -0.2) is 34.4 Å². The molecule has 0 aliphatic heterocycles. The standard InChI is InChI=1S/C17H14N4O5S/c1-25-13-8-5-11(9-14(13)26-2)15-18-17(27-20-15)19-16(22)10-3-6-12(7-4-10)21(23)24/h3-9H,1-2H3,(H,18,19,20,22). The number of benzene rings is 2. The van der Waals surface area contributed by atoms with E-state index in [-0.39, 0.29) is 11.3 Å². The topological polar surface area (TPSA) is 116 Å². The van der Waals surface area contributed by atoms with Crippen molar-refractivity contribution in [2.45, 2.75) is 0 Å². The summed E-state index contributed by atoms with van der Waals surface area (Å²) in [5.74, 6) is 1.13. The number of hydrogen-bond acceptors (Lipinski definition) is 8. The van der Waals surface area contributed by atoms with Gasteiger partial charge in [-0.1, -0.05) is 0 Å². The molecule has 1 heterocycles. The smallest absolute Gasteiger partial charge is 0.269 e. The van der Waals surface area contributed by atoms with Crippen molar-refractivity contribution in [2.24, 2.45) is 0 Å². The summed E-state index contributed by atoms with van der Waals surface area (Å²) in [7, 11) is 3.08. The van der Waals surface area contributed by atoms with Crippen LogP contribution in [0.5, 0.6) is 11.5 Å². The highest BCUT2D eigenvalue weighted by molar-refractivity contribution is 7.10. The fourth-order valence-electron chi connectivity index (χ4n) is 2.27. The summed E-state index contributed by atoms with van der Waals surface area (Å²) in [5.41, 5.74) is 0.904. The fourth-order valence-corrected chi connectivity index (χ4v) is 2.86. The number of nitro benzene ring substituents is 1. The number of non-ortho nitro benzene ring substituents is 1. The molecule has 1 amide bonds. The summed E-state index contributed by atoms with van der Waals surface area (Å²) < 4.78 is 14.7. The minimum absolute atomic E-state index is 0.0850. The van der Waals surface area contributed by atoms with E-state index in [0.717, 1.165) is 11.5 Å². The minimum Gasteiger partial charge on any atom is -0.493 e. The normalized spacial score (nSPS) is 10.3. The van der Waals surface area contributed by atoms with Gasteiger partial charge in [0.25, 0.3) is 11.6 Å². The maximum Gasteiger partial charge on any atom is 0.269 e. The molecule has 3 aromatic rings. The predicted octanol–water partition coefficient (Wildman–Crippen LogP) is 3.38. The first-order valence-electron chi connectivity index (χ1n) is 7.63. The Labute approximate surface area is 157 Å². The van der Waals surface area contributed by atoms with Crippen molar-refractivity contribution in [1.29, 1.82) is 0 Å². The number of hydrogen-bond donors (Lipinski definition) is 1. The Kier molecular flexibility index (Phi) is 5.27. The first kappa shape index (κ1) is 18.3. The SMILES string of the molecule is COc1ccc(-c2nsc(NC(=O)c3ccc([N+](=O)[O-])cc3)n2)cc1OC. The number of anilines is 1. The molecular formula is C17H14N4O5S. The van der Waals surface area contributed by atoms with Crippen LogP contribution in [0.1, 0.15) is 10.4 Å². The summed E-state index contributed by atoms with van der Waals surface area (Å²) >= 11 is 1.03. The number of aromatic nitrogens is 2. The number of rotatable bonds is 6. The molecule has 1 N–H and O–H groups in total. The lowest BCUT2D eigenvalue weighted by molar-refractivity contribution is -0.384. The number of nitrogens with zero attached hydrogens (tertiary/aromatic N) is 3. The lowest BCUT2D eigenvalue weighted by Crippen LogP contribution is -2.11. The maximum absolute atomic E-state index is 12.2. The average Bonchev–Trinajstić information content (AvgIpc) is 3.15. The van der Waals surface area contributed by atoms with Crippen LogP contribution in [-0.2, 0) is 0 Å². The van der Waals surface area contributed by atoms with Crippen LogP contribution in [0, 0.1) is 10.1 Å². The van der Waals surface area contributed by atoms with E-state index in [2.05, 4.69) is 14.7 Å². The number of ether oxygens (including phenoxy) is 2. The van der Waals surface area contributed by atoms with Crippen molar-refractivity contribution >= 4 is 28.3 Å². The molecule has 0 atom stereocenters. The van der Waals surface area contributed by atoms with Crippen LogP contribution in [0.3, 0.4) is 0 Å². The van der Waals surface area contributed by atoms with Gasteiger partial charge in [-0.25, -0.2) is 0 Å². The largest absolute Gasteiger partial charge is 0.493 e. The van der Waals surface area contributed by atoms with E-state index < -0.39 is 10.8 Å². The predicted molar refractivity (Wildman–Crippen MR) is 99.5 cm³/mol. The Morgan fingerprint density at radius 3 is 2.44 bits per heavy atom. The third-order valence-electron chi connectivity index (χ3n) is 3.63. The second-order valence-electron chi connectivity index (χ2n) is 5.25. The second kappa shape index (κ2) is 7.79. The highest BCUT2D eigenvalue weighted by atomic mass is 32.1. The highest BCUT2D eigenvalue weighted by Crippen LogP contribution is 2.32. The van der Waals surface area contributed by atoms with Crippen molar-refractivity contribution in [3.8, 4) is 22.9 Å². The van der Waals surface area contributed by atoms with E-state index in [1.54, 1.807) is 25.3 Å². The molecule has 138 valence electrons. The van der Waals surface area contributed by atoms with Gasteiger partial charge in [0.15, 0.2) is 17.3 Å². The van der Waals surface area contributed by atoms with Gasteiger partial charge in [0.2, 0.25) is 5.13 Å². The molecule has 0 spiro atoms. The quantitative estimate of drug-likeness (QED) is 0.510. The summed E-state index contributed by atoms with van der Waals surface area (Å²) in [4.78, 5) is 26.7. The molecule has 0 unspecified atom stereocenters. The Morgan fingerprint density at radius 1 is 1.11 bits per heavy atom. The second-order valence-corrected chi connectivity index (χ2v) is 6.00. The van der Waals surface area contributed by atoms with Gasteiger partial charge >= 0.3 is 0 Å². The number of carbonyl (C=O) groups is 1.